The molecule has 4 nitrogen and oxygen atoms in total. The Balaban J connectivity index is 1.45. The number of nitrogens with zero attached hydrogens (tertiary/aromatic N) is 2. The van der Waals surface area contributed by atoms with Crippen LogP contribution in [0.1, 0.15) is 18.4 Å². The van der Waals surface area contributed by atoms with Gasteiger partial charge in [-0.1, -0.05) is 23.7 Å². The van der Waals surface area contributed by atoms with Gasteiger partial charge in [-0.05, 0) is 67.8 Å². The average molecular weight is 421 g/mol. The highest BCUT2D eigenvalue weighted by Crippen LogP contribution is 2.22. The van der Waals surface area contributed by atoms with Crippen molar-refractivity contribution in [3.05, 3.63) is 59.1 Å². The molecule has 2 atom stereocenters. The molecule has 1 saturated heterocycles. The third-order valence-corrected chi connectivity index (χ3v) is 6.50. The molecule has 0 amide bonds. The van der Waals surface area contributed by atoms with Crippen LogP contribution in [0.5, 0.6) is 5.75 Å². The lowest BCUT2D eigenvalue weighted by atomic mass is 9.98. The van der Waals surface area contributed by atoms with Gasteiger partial charge in [0.1, 0.15) is 16.7 Å². The molecule has 0 radical (unpaired) electrons. The SMILES string of the molecule is CN(c1ccc(OCC2CCCN(CCc3cccc(Cl)c3)C2)cc1)S(C)=O. The van der Waals surface area contributed by atoms with Crippen LogP contribution in [0.4, 0.5) is 5.69 Å². The Morgan fingerprint density at radius 3 is 2.75 bits per heavy atom. The van der Waals surface area contributed by atoms with E-state index >= 15 is 0 Å². The smallest absolute Gasteiger partial charge is 0.119 e. The van der Waals surface area contributed by atoms with Gasteiger partial charge in [-0.2, -0.15) is 0 Å². The van der Waals surface area contributed by atoms with E-state index in [1.54, 1.807) is 10.6 Å². The molecule has 3 rings (SSSR count). The molecule has 2 unspecified atom stereocenters. The zero-order valence-corrected chi connectivity index (χ0v) is 18.2. The molecule has 1 fully saturated rings. The van der Waals surface area contributed by atoms with Crippen LogP contribution in [0.2, 0.25) is 5.02 Å². The van der Waals surface area contributed by atoms with Gasteiger partial charge < -0.3 is 9.64 Å². The summed E-state index contributed by atoms with van der Waals surface area (Å²) in [6, 6.07) is 16.0. The number of rotatable bonds is 8. The standard InChI is InChI=1S/C22H29ClN2O2S/c1-24(28(2)26)21-8-10-22(11-9-21)27-17-19-6-4-13-25(16-19)14-12-18-5-3-7-20(23)15-18/h3,5,7-11,15,19H,4,6,12-14,16-17H2,1-2H3. The summed E-state index contributed by atoms with van der Waals surface area (Å²) in [5.74, 6) is 1.42. The van der Waals surface area contributed by atoms with Crippen LogP contribution >= 0.6 is 11.6 Å². The Bertz CT molecular complexity index is 784. The number of anilines is 1. The van der Waals surface area contributed by atoms with Crippen molar-refractivity contribution in [1.82, 2.24) is 4.90 Å². The van der Waals surface area contributed by atoms with Crippen molar-refractivity contribution in [2.75, 3.05) is 43.8 Å². The highest BCUT2D eigenvalue weighted by atomic mass is 35.5. The first-order chi connectivity index (χ1) is 13.5. The van der Waals surface area contributed by atoms with Gasteiger partial charge in [0.25, 0.3) is 0 Å². The van der Waals surface area contributed by atoms with Crippen LogP contribution < -0.4 is 9.04 Å². The van der Waals surface area contributed by atoms with Gasteiger partial charge in [0.2, 0.25) is 0 Å². The minimum atomic E-state index is -1.02. The van der Waals surface area contributed by atoms with Crippen molar-refractivity contribution in [1.29, 1.82) is 0 Å². The molecule has 0 saturated carbocycles. The normalized spacial score (nSPS) is 18.6. The van der Waals surface area contributed by atoms with E-state index < -0.39 is 11.0 Å². The lowest BCUT2D eigenvalue weighted by Gasteiger charge is -2.32. The van der Waals surface area contributed by atoms with E-state index in [-0.39, 0.29) is 0 Å². The number of hydrogen-bond acceptors (Lipinski definition) is 3. The molecule has 28 heavy (non-hydrogen) atoms. The van der Waals surface area contributed by atoms with Crippen molar-refractivity contribution in [2.24, 2.45) is 5.92 Å². The molecule has 1 aliphatic heterocycles. The molecule has 2 aromatic rings. The first kappa shape index (κ1) is 21.2. The fourth-order valence-corrected chi connectivity index (χ4v) is 4.22. The fraction of sp³-hybridized carbons (Fsp3) is 0.455. The number of hydrogen-bond donors (Lipinski definition) is 0. The highest BCUT2D eigenvalue weighted by molar-refractivity contribution is 7.85. The van der Waals surface area contributed by atoms with Gasteiger partial charge in [0.15, 0.2) is 0 Å². The van der Waals surface area contributed by atoms with Crippen LogP contribution in [0, 0.1) is 5.92 Å². The summed E-state index contributed by atoms with van der Waals surface area (Å²) in [5.41, 5.74) is 2.22. The minimum Gasteiger partial charge on any atom is -0.493 e. The summed E-state index contributed by atoms with van der Waals surface area (Å²) >= 11 is 6.08. The van der Waals surface area contributed by atoms with Crippen molar-refractivity contribution in [2.45, 2.75) is 19.3 Å². The van der Waals surface area contributed by atoms with Gasteiger partial charge in [-0.25, -0.2) is 4.21 Å². The van der Waals surface area contributed by atoms with Crippen molar-refractivity contribution >= 4 is 28.3 Å². The first-order valence-electron chi connectivity index (χ1n) is 9.78. The number of piperidine rings is 1. The largest absolute Gasteiger partial charge is 0.493 e. The van der Waals surface area contributed by atoms with Gasteiger partial charge in [-0.15, -0.1) is 0 Å². The molecule has 0 bridgehead atoms. The Morgan fingerprint density at radius 1 is 1.25 bits per heavy atom. The van der Waals surface area contributed by atoms with Crippen LogP contribution in [0.25, 0.3) is 0 Å². The van der Waals surface area contributed by atoms with E-state index in [0.29, 0.717) is 5.92 Å². The van der Waals surface area contributed by atoms with E-state index in [2.05, 4.69) is 17.0 Å². The summed E-state index contributed by atoms with van der Waals surface area (Å²) in [6.45, 7) is 4.04. The number of ether oxygens (including phenoxy) is 1. The summed E-state index contributed by atoms with van der Waals surface area (Å²) in [4.78, 5) is 2.53. The van der Waals surface area contributed by atoms with Crippen molar-refractivity contribution in [3.8, 4) is 5.75 Å². The Kier molecular flexibility index (Phi) is 7.77. The topological polar surface area (TPSA) is 32.8 Å². The van der Waals surface area contributed by atoms with E-state index in [0.717, 1.165) is 49.1 Å². The summed E-state index contributed by atoms with van der Waals surface area (Å²) in [6.07, 6.45) is 5.13. The van der Waals surface area contributed by atoms with E-state index in [1.807, 2.05) is 43.4 Å². The quantitative estimate of drug-likeness (QED) is 0.634. The molecular weight excluding hydrogens is 392 g/mol. The molecule has 0 spiro atoms. The van der Waals surface area contributed by atoms with E-state index in [9.17, 15) is 4.21 Å². The average Bonchev–Trinajstić information content (AvgIpc) is 2.71. The molecule has 0 N–H and O–H groups in total. The first-order valence-corrected chi connectivity index (χ1v) is 11.7. The maximum atomic E-state index is 11.5. The number of benzene rings is 2. The van der Waals surface area contributed by atoms with Crippen LogP contribution in [-0.4, -0.2) is 48.7 Å². The fourth-order valence-electron chi connectivity index (χ4n) is 3.58. The third kappa shape index (κ3) is 6.23. The Hall–Kier alpha value is -1.56. The predicted molar refractivity (Wildman–Crippen MR) is 119 cm³/mol. The molecule has 2 aromatic carbocycles. The third-order valence-electron chi connectivity index (χ3n) is 5.28. The second kappa shape index (κ2) is 10.3. The molecule has 1 aliphatic rings. The molecule has 0 aliphatic carbocycles. The molecule has 0 aromatic heterocycles. The van der Waals surface area contributed by atoms with E-state index in [1.165, 1.54) is 18.4 Å². The zero-order chi connectivity index (χ0) is 19.9. The van der Waals surface area contributed by atoms with E-state index in [4.69, 9.17) is 16.3 Å². The number of halogens is 1. The van der Waals surface area contributed by atoms with Crippen molar-refractivity contribution < 1.29 is 8.95 Å². The Morgan fingerprint density at radius 2 is 2.04 bits per heavy atom. The zero-order valence-electron chi connectivity index (χ0n) is 16.6. The van der Waals surface area contributed by atoms with Gasteiger partial charge in [-0.3, -0.25) is 4.31 Å². The second-order valence-electron chi connectivity index (χ2n) is 7.41. The van der Waals surface area contributed by atoms with Crippen LogP contribution in [0.15, 0.2) is 48.5 Å². The lowest BCUT2D eigenvalue weighted by Crippen LogP contribution is -2.38. The van der Waals surface area contributed by atoms with Gasteiger partial charge >= 0.3 is 0 Å². The number of likely N-dealkylation sites (tertiary alicyclic amines) is 1. The summed E-state index contributed by atoms with van der Waals surface area (Å²) < 4.78 is 19.3. The van der Waals surface area contributed by atoms with Gasteiger partial charge in [0.05, 0.1) is 6.61 Å². The summed E-state index contributed by atoms with van der Waals surface area (Å²) in [5, 5.41) is 0.810. The maximum Gasteiger partial charge on any atom is 0.119 e. The van der Waals surface area contributed by atoms with Crippen LogP contribution in [-0.2, 0) is 17.4 Å². The molecule has 1 heterocycles. The minimum absolute atomic E-state index is 0.554. The Labute approximate surface area is 176 Å². The molecule has 152 valence electrons. The van der Waals surface area contributed by atoms with Crippen LogP contribution in [0.3, 0.4) is 0 Å². The second-order valence-corrected chi connectivity index (χ2v) is 9.25. The van der Waals surface area contributed by atoms with Crippen molar-refractivity contribution in [3.63, 3.8) is 0 Å². The van der Waals surface area contributed by atoms with Gasteiger partial charge in [0, 0.05) is 43.0 Å². The predicted octanol–water partition coefficient (Wildman–Crippen LogP) is 4.40. The monoisotopic (exact) mass is 420 g/mol. The highest BCUT2D eigenvalue weighted by Gasteiger charge is 2.20. The summed E-state index contributed by atoms with van der Waals surface area (Å²) in [7, 11) is 0.808. The maximum absolute atomic E-state index is 11.5. The molecular formula is C22H29ClN2O2S. The molecule has 6 heteroatoms. The lowest BCUT2D eigenvalue weighted by molar-refractivity contribution is 0.131.